The Labute approximate surface area is 226 Å². The van der Waals surface area contributed by atoms with E-state index in [0.29, 0.717) is 0 Å². The van der Waals surface area contributed by atoms with Gasteiger partial charge in [-0.2, -0.15) is 0 Å². The lowest BCUT2D eigenvalue weighted by Crippen LogP contribution is -2.49. The number of esters is 1. The molecule has 38 heavy (non-hydrogen) atoms. The van der Waals surface area contributed by atoms with Gasteiger partial charge in [0, 0.05) is 25.3 Å². The summed E-state index contributed by atoms with van der Waals surface area (Å²) in [6.45, 7) is 8.28. The van der Waals surface area contributed by atoms with Crippen molar-refractivity contribution in [2.45, 2.75) is 83.7 Å². The highest BCUT2D eigenvalue weighted by atomic mass is 19.1. The van der Waals surface area contributed by atoms with Crippen LogP contribution < -0.4 is 0 Å². The maximum atomic E-state index is 14.1. The van der Waals surface area contributed by atoms with Gasteiger partial charge in [-0.3, -0.25) is 4.79 Å². The zero-order valence-corrected chi connectivity index (χ0v) is 23.4. The first-order valence-corrected chi connectivity index (χ1v) is 14.4. The van der Waals surface area contributed by atoms with E-state index in [-0.39, 0.29) is 29.0 Å². The number of imidazole rings is 1. The number of carbonyl (C=O) groups is 1. The van der Waals surface area contributed by atoms with E-state index in [9.17, 15) is 9.18 Å². The number of para-hydroxylation sites is 2. The monoisotopic (exact) mass is 519 g/mol. The van der Waals surface area contributed by atoms with Gasteiger partial charge in [0.05, 0.1) is 16.4 Å². The van der Waals surface area contributed by atoms with Crippen LogP contribution in [0.25, 0.3) is 11.0 Å². The predicted molar refractivity (Wildman–Crippen MR) is 150 cm³/mol. The Kier molecular flexibility index (Phi) is 7.63. The summed E-state index contributed by atoms with van der Waals surface area (Å²) in [6, 6.07) is 13.3. The van der Waals surface area contributed by atoms with Crippen molar-refractivity contribution < 1.29 is 13.9 Å². The number of benzene rings is 2. The summed E-state index contributed by atoms with van der Waals surface area (Å²) in [5.74, 6) is 1.12. The van der Waals surface area contributed by atoms with Gasteiger partial charge in [-0.15, -0.1) is 0 Å². The fourth-order valence-electron chi connectivity index (χ4n) is 6.57. The van der Waals surface area contributed by atoms with Gasteiger partial charge in [-0.05, 0) is 93.4 Å². The molecule has 0 unspecified atom stereocenters. The summed E-state index contributed by atoms with van der Waals surface area (Å²) in [5.41, 5.74) is 3.43. The molecule has 0 radical (unpaired) electrons. The number of carbonyl (C=O) groups excluding carboxylic acids is 1. The molecule has 2 atom stereocenters. The SMILES string of the molecule is CCC1(C(=O)O[C@]2(CCN(C)CCCc3nc4ccccc4[nH]3)CCc3cc(F)ccc3[C@@H]2C(C)C)CC1. The van der Waals surface area contributed by atoms with Gasteiger partial charge in [0.25, 0.3) is 0 Å². The highest BCUT2D eigenvalue weighted by Crippen LogP contribution is 2.54. The minimum atomic E-state index is -0.576. The summed E-state index contributed by atoms with van der Waals surface area (Å²) in [7, 11) is 2.15. The first kappa shape index (κ1) is 26.9. The zero-order chi connectivity index (χ0) is 26.9. The zero-order valence-electron chi connectivity index (χ0n) is 23.4. The molecule has 1 saturated carbocycles. The molecule has 2 aliphatic rings. The molecular weight excluding hydrogens is 477 g/mol. The van der Waals surface area contributed by atoms with Gasteiger partial charge >= 0.3 is 5.97 Å². The van der Waals surface area contributed by atoms with Crippen LogP contribution in [-0.4, -0.2) is 46.6 Å². The number of aryl methyl sites for hydroxylation is 2. The number of aromatic nitrogens is 2. The van der Waals surface area contributed by atoms with Gasteiger partial charge in [-0.1, -0.05) is 39.0 Å². The minimum Gasteiger partial charge on any atom is -0.458 e. The normalized spacial score (nSPS) is 22.1. The van der Waals surface area contributed by atoms with Crippen molar-refractivity contribution in [2.75, 3.05) is 20.1 Å². The number of nitrogens with one attached hydrogen (secondary N) is 1. The average molecular weight is 520 g/mol. The number of hydrogen-bond donors (Lipinski definition) is 1. The average Bonchev–Trinajstić information content (AvgIpc) is 3.60. The smallest absolute Gasteiger partial charge is 0.312 e. The lowest BCUT2D eigenvalue weighted by atomic mass is 9.65. The van der Waals surface area contributed by atoms with Crippen LogP contribution in [0.4, 0.5) is 4.39 Å². The van der Waals surface area contributed by atoms with Crippen molar-refractivity contribution >= 4 is 17.0 Å². The third-order valence-electron chi connectivity index (χ3n) is 9.06. The molecular formula is C32H42FN3O2. The van der Waals surface area contributed by atoms with Crippen molar-refractivity contribution in [3.63, 3.8) is 0 Å². The number of fused-ring (bicyclic) bond motifs is 2. The van der Waals surface area contributed by atoms with Crippen molar-refractivity contribution in [1.29, 1.82) is 0 Å². The number of nitrogens with zero attached hydrogens (tertiary/aromatic N) is 2. The summed E-state index contributed by atoms with van der Waals surface area (Å²) < 4.78 is 20.7. The van der Waals surface area contributed by atoms with Crippen molar-refractivity contribution in [3.05, 3.63) is 65.2 Å². The van der Waals surface area contributed by atoms with Gasteiger partial charge in [0.15, 0.2) is 0 Å². The van der Waals surface area contributed by atoms with E-state index >= 15 is 0 Å². The lowest BCUT2D eigenvalue weighted by Gasteiger charge is -2.47. The van der Waals surface area contributed by atoms with Crippen LogP contribution in [-0.2, 0) is 22.4 Å². The molecule has 5 rings (SSSR count). The molecule has 1 N–H and O–H groups in total. The second kappa shape index (κ2) is 10.8. The number of rotatable bonds is 11. The molecule has 6 heteroatoms. The largest absolute Gasteiger partial charge is 0.458 e. The van der Waals surface area contributed by atoms with Crippen LogP contribution in [0.1, 0.15) is 82.2 Å². The summed E-state index contributed by atoms with van der Waals surface area (Å²) in [6.07, 6.45) is 6.83. The molecule has 204 valence electrons. The first-order chi connectivity index (χ1) is 18.2. The Morgan fingerprint density at radius 3 is 2.68 bits per heavy atom. The standard InChI is InChI=1S/C32H42FN3O2/c1-5-31(16-17-31)30(37)38-32(15-14-23-21-24(33)12-13-25(23)29(32)22(2)3)18-20-36(4)19-8-11-28-34-26-9-6-7-10-27(26)35-28/h6-7,9-10,12-13,21-22,29H,5,8,11,14-20H2,1-4H3,(H,34,35)/t29-,32-/m0/s1. The fourth-order valence-corrected chi connectivity index (χ4v) is 6.57. The van der Waals surface area contributed by atoms with Crippen molar-refractivity contribution in [3.8, 4) is 0 Å². The summed E-state index contributed by atoms with van der Waals surface area (Å²) in [4.78, 5) is 24.0. The highest BCUT2D eigenvalue weighted by Gasteiger charge is 2.55. The number of aromatic amines is 1. The maximum absolute atomic E-state index is 14.1. The molecule has 1 heterocycles. The van der Waals surface area contributed by atoms with Gasteiger partial charge in [0.2, 0.25) is 0 Å². The molecule has 0 saturated heterocycles. The molecule has 0 bridgehead atoms. The molecule has 5 nitrogen and oxygen atoms in total. The molecule has 3 aromatic rings. The lowest BCUT2D eigenvalue weighted by molar-refractivity contribution is -0.174. The van der Waals surface area contributed by atoms with E-state index in [2.05, 4.69) is 43.8 Å². The van der Waals surface area contributed by atoms with Crippen LogP contribution in [0.2, 0.25) is 0 Å². The molecule has 1 aromatic heterocycles. The highest BCUT2D eigenvalue weighted by molar-refractivity contribution is 5.80. The van der Waals surface area contributed by atoms with E-state index in [4.69, 9.17) is 9.72 Å². The van der Waals surface area contributed by atoms with Gasteiger partial charge in [-0.25, -0.2) is 9.37 Å². The van der Waals surface area contributed by atoms with Gasteiger partial charge < -0.3 is 14.6 Å². The quantitative estimate of drug-likeness (QED) is 0.283. The molecule has 2 aliphatic carbocycles. The number of halogens is 1. The molecule has 0 aliphatic heterocycles. The third kappa shape index (κ3) is 5.38. The Balaban J connectivity index is 1.30. The topological polar surface area (TPSA) is 58.2 Å². The number of ether oxygens (including phenoxy) is 1. The van der Waals surface area contributed by atoms with Gasteiger partial charge in [0.1, 0.15) is 17.2 Å². The van der Waals surface area contributed by atoms with Crippen molar-refractivity contribution in [2.24, 2.45) is 11.3 Å². The molecule has 0 spiro atoms. The van der Waals surface area contributed by atoms with E-state index in [1.54, 1.807) is 12.1 Å². The van der Waals surface area contributed by atoms with Crippen LogP contribution in [0.5, 0.6) is 0 Å². The Morgan fingerprint density at radius 1 is 1.18 bits per heavy atom. The minimum absolute atomic E-state index is 0.0243. The number of H-pyrrole nitrogens is 1. The van der Waals surface area contributed by atoms with Crippen molar-refractivity contribution in [1.82, 2.24) is 14.9 Å². The van der Waals surface area contributed by atoms with Crippen LogP contribution in [0.3, 0.4) is 0 Å². The van der Waals surface area contributed by atoms with E-state index in [0.717, 1.165) is 92.4 Å². The Morgan fingerprint density at radius 2 is 1.97 bits per heavy atom. The fraction of sp³-hybridized carbons (Fsp3) is 0.562. The van der Waals surface area contributed by atoms with E-state index < -0.39 is 5.60 Å². The molecule has 0 amide bonds. The van der Waals surface area contributed by atoms with Crippen LogP contribution >= 0.6 is 0 Å². The summed E-state index contributed by atoms with van der Waals surface area (Å²) >= 11 is 0. The maximum Gasteiger partial charge on any atom is 0.312 e. The van der Waals surface area contributed by atoms with E-state index in [1.807, 2.05) is 24.3 Å². The molecule has 1 fully saturated rings. The number of hydrogen-bond acceptors (Lipinski definition) is 4. The second-order valence-corrected chi connectivity index (χ2v) is 12.0. The third-order valence-corrected chi connectivity index (χ3v) is 9.06. The van der Waals surface area contributed by atoms with Crippen LogP contribution in [0.15, 0.2) is 42.5 Å². The van der Waals surface area contributed by atoms with Crippen LogP contribution in [0, 0.1) is 17.2 Å². The van der Waals surface area contributed by atoms with E-state index in [1.165, 1.54) is 0 Å². The second-order valence-electron chi connectivity index (χ2n) is 12.0. The Hall–Kier alpha value is -2.73. The molecule has 2 aromatic carbocycles. The summed E-state index contributed by atoms with van der Waals surface area (Å²) in [5, 5.41) is 0. The Bertz CT molecular complexity index is 1250. The first-order valence-electron chi connectivity index (χ1n) is 14.4. The predicted octanol–water partition coefficient (Wildman–Crippen LogP) is 6.81.